The molecule has 29 heavy (non-hydrogen) atoms. The molecule has 0 bridgehead atoms. The van der Waals surface area contributed by atoms with E-state index in [-0.39, 0.29) is 17.4 Å². The number of carbonyl (C=O) groups is 1. The molecule has 0 saturated heterocycles. The molecule has 3 rings (SSSR count). The van der Waals surface area contributed by atoms with Crippen LogP contribution in [0.15, 0.2) is 46.4 Å². The summed E-state index contributed by atoms with van der Waals surface area (Å²) in [4.78, 5) is 11.8. The normalized spacial score (nSPS) is 12.8. The Bertz CT molecular complexity index is 1040. The van der Waals surface area contributed by atoms with Crippen LogP contribution in [0.3, 0.4) is 0 Å². The van der Waals surface area contributed by atoms with Crippen LogP contribution in [0, 0.1) is 0 Å². The summed E-state index contributed by atoms with van der Waals surface area (Å²) in [5.74, 6) is 1.24. The van der Waals surface area contributed by atoms with Crippen LogP contribution >= 0.6 is 0 Å². The third-order valence-electron chi connectivity index (χ3n) is 3.89. The van der Waals surface area contributed by atoms with Gasteiger partial charge in [-0.3, -0.25) is 4.79 Å². The van der Waals surface area contributed by atoms with Gasteiger partial charge in [0.05, 0.1) is 31.9 Å². The summed E-state index contributed by atoms with van der Waals surface area (Å²) in [5, 5.41) is 3.80. The Morgan fingerprint density at radius 2 is 1.86 bits per heavy atom. The van der Waals surface area contributed by atoms with E-state index in [1.165, 1.54) is 38.6 Å². The molecule has 0 atom stereocenters. The zero-order valence-electron chi connectivity index (χ0n) is 15.7. The van der Waals surface area contributed by atoms with Gasteiger partial charge in [-0.15, -0.1) is 0 Å². The lowest BCUT2D eigenvalue weighted by atomic mass is 10.2. The maximum Gasteiger partial charge on any atom is 0.255 e. The SMILES string of the molecule is COc1ccc(S(=O)(=O)NCC(=O)N/N=C\c2ccc3c(c2)OCO3)cc1OC. The van der Waals surface area contributed by atoms with Crippen molar-refractivity contribution < 1.29 is 32.2 Å². The summed E-state index contributed by atoms with van der Waals surface area (Å²) < 4.78 is 47.5. The number of methoxy groups -OCH3 is 2. The van der Waals surface area contributed by atoms with Gasteiger partial charge in [-0.25, -0.2) is 18.6 Å². The maximum atomic E-state index is 12.4. The van der Waals surface area contributed by atoms with Crippen LogP contribution in [-0.4, -0.2) is 48.1 Å². The highest BCUT2D eigenvalue weighted by molar-refractivity contribution is 7.89. The lowest BCUT2D eigenvalue weighted by Gasteiger charge is -2.10. The summed E-state index contributed by atoms with van der Waals surface area (Å²) in [6.07, 6.45) is 1.41. The van der Waals surface area contributed by atoms with E-state index in [9.17, 15) is 13.2 Å². The first kappa shape index (κ1) is 20.4. The number of sulfonamides is 1. The van der Waals surface area contributed by atoms with Crippen LogP contribution < -0.4 is 29.1 Å². The van der Waals surface area contributed by atoms with Gasteiger partial charge in [-0.2, -0.15) is 5.10 Å². The minimum absolute atomic E-state index is 0.0631. The highest BCUT2D eigenvalue weighted by atomic mass is 32.2. The largest absolute Gasteiger partial charge is 0.493 e. The van der Waals surface area contributed by atoms with Crippen LogP contribution in [-0.2, 0) is 14.8 Å². The first-order chi connectivity index (χ1) is 13.9. The van der Waals surface area contributed by atoms with Gasteiger partial charge in [0.1, 0.15) is 0 Å². The molecule has 0 unspecified atom stereocenters. The minimum Gasteiger partial charge on any atom is -0.493 e. The number of hydrogen-bond donors (Lipinski definition) is 2. The number of nitrogens with zero attached hydrogens (tertiary/aromatic N) is 1. The van der Waals surface area contributed by atoms with Crippen molar-refractivity contribution in [2.45, 2.75) is 4.90 Å². The third-order valence-corrected chi connectivity index (χ3v) is 5.29. The molecule has 11 heteroatoms. The standard InChI is InChI=1S/C18H19N3O7S/c1-25-14-6-4-13(8-16(14)26-2)29(23,24)20-10-18(22)21-19-9-12-3-5-15-17(7-12)28-11-27-15/h3-9,20H,10-11H2,1-2H3,(H,21,22)/b19-9-. The maximum absolute atomic E-state index is 12.4. The number of amides is 1. The lowest BCUT2D eigenvalue weighted by Crippen LogP contribution is -2.34. The monoisotopic (exact) mass is 421 g/mol. The number of nitrogens with one attached hydrogen (secondary N) is 2. The molecule has 0 spiro atoms. The lowest BCUT2D eigenvalue weighted by molar-refractivity contribution is -0.119. The Morgan fingerprint density at radius 1 is 1.10 bits per heavy atom. The van der Waals surface area contributed by atoms with E-state index in [1.54, 1.807) is 18.2 Å². The Morgan fingerprint density at radius 3 is 2.62 bits per heavy atom. The predicted molar refractivity (Wildman–Crippen MR) is 103 cm³/mol. The van der Waals surface area contributed by atoms with Gasteiger partial charge in [0.15, 0.2) is 23.0 Å². The van der Waals surface area contributed by atoms with Crippen molar-refractivity contribution >= 4 is 22.1 Å². The molecule has 2 aromatic rings. The molecule has 1 aliphatic rings. The number of fused-ring (bicyclic) bond motifs is 1. The fraction of sp³-hybridized carbons (Fsp3) is 0.222. The van der Waals surface area contributed by atoms with Gasteiger partial charge in [0.25, 0.3) is 5.91 Å². The van der Waals surface area contributed by atoms with Crippen molar-refractivity contribution in [2.75, 3.05) is 27.6 Å². The molecule has 10 nitrogen and oxygen atoms in total. The molecule has 1 amide bonds. The van der Waals surface area contributed by atoms with Crippen LogP contribution in [0.2, 0.25) is 0 Å². The molecule has 154 valence electrons. The van der Waals surface area contributed by atoms with Crippen LogP contribution in [0.1, 0.15) is 5.56 Å². The number of carbonyl (C=O) groups excluding carboxylic acids is 1. The first-order valence-corrected chi connectivity index (χ1v) is 9.84. The Kier molecular flexibility index (Phi) is 6.20. The Hall–Kier alpha value is -3.31. The molecule has 0 saturated carbocycles. The van der Waals surface area contributed by atoms with Crippen molar-refractivity contribution in [3.8, 4) is 23.0 Å². The van der Waals surface area contributed by atoms with Gasteiger partial charge < -0.3 is 18.9 Å². The second-order valence-electron chi connectivity index (χ2n) is 5.75. The smallest absolute Gasteiger partial charge is 0.255 e. The molecular formula is C18H19N3O7S. The van der Waals surface area contributed by atoms with Gasteiger partial charge in [0.2, 0.25) is 16.8 Å². The highest BCUT2D eigenvalue weighted by Gasteiger charge is 2.18. The van der Waals surface area contributed by atoms with Gasteiger partial charge >= 0.3 is 0 Å². The minimum atomic E-state index is -3.93. The number of rotatable bonds is 8. The van der Waals surface area contributed by atoms with E-state index in [0.29, 0.717) is 22.8 Å². The number of hydrazone groups is 1. The van der Waals surface area contributed by atoms with Crippen LogP contribution in [0.5, 0.6) is 23.0 Å². The third kappa shape index (κ3) is 4.95. The Labute approximate surface area is 167 Å². The first-order valence-electron chi connectivity index (χ1n) is 8.36. The van der Waals surface area contributed by atoms with Crippen LogP contribution in [0.25, 0.3) is 0 Å². The summed E-state index contributed by atoms with van der Waals surface area (Å²) in [7, 11) is -1.09. The number of benzene rings is 2. The van der Waals surface area contributed by atoms with Gasteiger partial charge in [0, 0.05) is 6.07 Å². The summed E-state index contributed by atoms with van der Waals surface area (Å²) in [6.45, 7) is -0.331. The van der Waals surface area contributed by atoms with Crippen molar-refractivity contribution in [1.82, 2.24) is 10.1 Å². The summed E-state index contributed by atoms with van der Waals surface area (Å²) >= 11 is 0. The van der Waals surface area contributed by atoms with Crippen molar-refractivity contribution in [1.29, 1.82) is 0 Å². The fourth-order valence-corrected chi connectivity index (χ4v) is 3.44. The number of hydrogen-bond acceptors (Lipinski definition) is 8. The van der Waals surface area contributed by atoms with E-state index < -0.39 is 22.5 Å². The van der Waals surface area contributed by atoms with Crippen molar-refractivity contribution in [3.05, 3.63) is 42.0 Å². The van der Waals surface area contributed by atoms with E-state index >= 15 is 0 Å². The second kappa shape index (κ2) is 8.80. The molecule has 2 N–H and O–H groups in total. The predicted octanol–water partition coefficient (Wildman–Crippen LogP) is 0.861. The zero-order valence-corrected chi connectivity index (χ0v) is 16.5. The summed E-state index contributed by atoms with van der Waals surface area (Å²) in [5.41, 5.74) is 2.93. The summed E-state index contributed by atoms with van der Waals surface area (Å²) in [6, 6.07) is 9.28. The molecule has 1 heterocycles. The average Bonchev–Trinajstić information content (AvgIpc) is 3.19. The molecule has 0 radical (unpaired) electrons. The molecule has 1 aliphatic heterocycles. The van der Waals surface area contributed by atoms with E-state index in [4.69, 9.17) is 18.9 Å². The molecule has 0 aliphatic carbocycles. The molecule has 0 aromatic heterocycles. The van der Waals surface area contributed by atoms with Crippen LogP contribution in [0.4, 0.5) is 0 Å². The quantitative estimate of drug-likeness (QED) is 0.478. The van der Waals surface area contributed by atoms with Crippen molar-refractivity contribution in [3.63, 3.8) is 0 Å². The van der Waals surface area contributed by atoms with Crippen molar-refractivity contribution in [2.24, 2.45) is 5.10 Å². The molecule has 2 aromatic carbocycles. The topological polar surface area (TPSA) is 125 Å². The fourth-order valence-electron chi connectivity index (χ4n) is 2.44. The molecular weight excluding hydrogens is 402 g/mol. The molecule has 0 fully saturated rings. The van der Waals surface area contributed by atoms with Gasteiger partial charge in [-0.05, 0) is 35.9 Å². The number of ether oxygens (including phenoxy) is 4. The van der Waals surface area contributed by atoms with Gasteiger partial charge in [-0.1, -0.05) is 0 Å². The highest BCUT2D eigenvalue weighted by Crippen LogP contribution is 2.32. The van der Waals surface area contributed by atoms with E-state index in [0.717, 1.165) is 0 Å². The Balaban J connectivity index is 1.55. The van der Waals surface area contributed by atoms with E-state index in [2.05, 4.69) is 15.2 Å². The zero-order chi connectivity index (χ0) is 20.9. The van der Waals surface area contributed by atoms with E-state index in [1.807, 2.05) is 0 Å². The average molecular weight is 421 g/mol. The second-order valence-corrected chi connectivity index (χ2v) is 7.51.